The highest BCUT2D eigenvalue weighted by Gasteiger charge is 2.14. The van der Waals surface area contributed by atoms with E-state index in [1.54, 1.807) is 13.1 Å². The van der Waals surface area contributed by atoms with Crippen LogP contribution in [0.2, 0.25) is 0 Å². The second kappa shape index (κ2) is 3.88. The number of nitriles is 1. The van der Waals surface area contributed by atoms with Crippen molar-refractivity contribution in [2.24, 2.45) is 4.99 Å². The predicted octanol–water partition coefficient (Wildman–Crippen LogP) is 2.92. The molecule has 0 atom stereocenters. The Morgan fingerprint density at radius 3 is 2.92 bits per heavy atom. The predicted molar refractivity (Wildman–Crippen MR) is 53.3 cm³/mol. The first-order valence-corrected chi connectivity index (χ1v) is 4.21. The summed E-state index contributed by atoms with van der Waals surface area (Å²) in [5.41, 5.74) is 0.558. The largest absolute Gasteiger partial charge is 0.343 e. The third-order valence-electron chi connectivity index (χ3n) is 1.39. The van der Waals surface area contributed by atoms with Crippen molar-refractivity contribution in [3.8, 4) is 6.07 Å². The second-order valence-corrected chi connectivity index (χ2v) is 2.92. The Kier molecular flexibility index (Phi) is 2.84. The summed E-state index contributed by atoms with van der Waals surface area (Å²) in [6.07, 6.45) is 1.56. The van der Waals surface area contributed by atoms with Gasteiger partial charge in [-0.1, -0.05) is 0 Å². The molecule has 5 heteroatoms. The maximum absolute atomic E-state index is 8.72. The fourth-order valence-electron chi connectivity index (χ4n) is 0.881. The van der Waals surface area contributed by atoms with Crippen molar-refractivity contribution < 1.29 is 0 Å². The molecule has 0 fully saturated rings. The average Bonchev–Trinajstić information content (AvgIpc) is 2.41. The molecule has 1 aromatic heterocycles. The Hall–Kier alpha value is -1.59. The van der Waals surface area contributed by atoms with Crippen LogP contribution in [0.15, 0.2) is 9.60 Å². The Bertz CT molecular complexity index is 430. The number of aliphatic imine (C=N–C) groups is 1. The van der Waals surface area contributed by atoms with Crippen LogP contribution >= 0.6 is 15.9 Å². The van der Waals surface area contributed by atoms with Gasteiger partial charge in [-0.05, 0) is 22.9 Å². The molecule has 0 aromatic carbocycles. The SMILES string of the molecule is [C-]#[N+]c1c(/N=C\C)[nH]c(Br)c1C#N. The highest BCUT2D eigenvalue weighted by atomic mass is 79.9. The molecule has 0 aliphatic carbocycles. The molecule has 0 bridgehead atoms. The van der Waals surface area contributed by atoms with Crippen LogP contribution in [0.1, 0.15) is 12.5 Å². The van der Waals surface area contributed by atoms with E-state index in [2.05, 4.69) is 30.8 Å². The lowest BCUT2D eigenvalue weighted by molar-refractivity contribution is 1.30. The molecule has 1 heterocycles. The molecule has 4 nitrogen and oxygen atoms in total. The monoisotopic (exact) mass is 236 g/mol. The van der Waals surface area contributed by atoms with Gasteiger partial charge >= 0.3 is 0 Å². The van der Waals surface area contributed by atoms with Gasteiger partial charge in [0.05, 0.1) is 22.8 Å². The van der Waals surface area contributed by atoms with Gasteiger partial charge < -0.3 is 4.98 Å². The van der Waals surface area contributed by atoms with E-state index in [9.17, 15) is 0 Å². The van der Waals surface area contributed by atoms with Gasteiger partial charge in [-0.3, -0.25) is 4.99 Å². The maximum atomic E-state index is 8.72. The van der Waals surface area contributed by atoms with Gasteiger partial charge in [0.2, 0.25) is 5.69 Å². The summed E-state index contributed by atoms with van der Waals surface area (Å²) in [7, 11) is 0. The van der Waals surface area contributed by atoms with E-state index in [1.165, 1.54) is 0 Å². The van der Waals surface area contributed by atoms with Gasteiger partial charge in [-0.25, -0.2) is 4.85 Å². The van der Waals surface area contributed by atoms with Gasteiger partial charge in [0, 0.05) is 6.21 Å². The first kappa shape index (κ1) is 9.50. The van der Waals surface area contributed by atoms with Crippen LogP contribution in [-0.4, -0.2) is 11.2 Å². The van der Waals surface area contributed by atoms with Crippen molar-refractivity contribution in [3.05, 3.63) is 21.6 Å². The molecule has 64 valence electrons. The van der Waals surface area contributed by atoms with Crippen molar-refractivity contribution in [3.63, 3.8) is 0 Å². The van der Waals surface area contributed by atoms with Crippen molar-refractivity contribution in [1.29, 1.82) is 5.26 Å². The normalized spacial score (nSPS) is 9.85. The Morgan fingerprint density at radius 2 is 2.46 bits per heavy atom. The first-order valence-electron chi connectivity index (χ1n) is 3.42. The van der Waals surface area contributed by atoms with E-state index in [4.69, 9.17) is 11.8 Å². The standard InChI is InChI=1S/C8H5BrN4/c1-3-12-8-6(11-2)5(4-10)7(9)13-8/h3,13H,1H3/b12-3-. The van der Waals surface area contributed by atoms with Crippen LogP contribution < -0.4 is 0 Å². The maximum Gasteiger partial charge on any atom is 0.248 e. The summed E-state index contributed by atoms with van der Waals surface area (Å²) in [5, 5.41) is 8.72. The summed E-state index contributed by atoms with van der Waals surface area (Å²) in [4.78, 5) is 9.96. The van der Waals surface area contributed by atoms with E-state index >= 15 is 0 Å². The quantitative estimate of drug-likeness (QED) is 0.592. The van der Waals surface area contributed by atoms with E-state index in [-0.39, 0.29) is 5.69 Å². The van der Waals surface area contributed by atoms with Crippen molar-refractivity contribution in [1.82, 2.24) is 4.98 Å². The zero-order valence-electron chi connectivity index (χ0n) is 6.80. The number of nitrogens with one attached hydrogen (secondary N) is 1. The average molecular weight is 237 g/mol. The summed E-state index contributed by atoms with van der Waals surface area (Å²) in [5.74, 6) is 0.418. The van der Waals surface area contributed by atoms with E-state index in [1.807, 2.05) is 6.07 Å². The number of hydrogen-bond acceptors (Lipinski definition) is 2. The molecule has 0 aliphatic rings. The number of rotatable bonds is 1. The van der Waals surface area contributed by atoms with Gasteiger partial charge in [-0.15, -0.1) is 0 Å². The topological polar surface area (TPSA) is 56.3 Å². The molecule has 1 N–H and O–H groups in total. The highest BCUT2D eigenvalue weighted by molar-refractivity contribution is 9.10. The molecule has 0 saturated heterocycles. The molecule has 13 heavy (non-hydrogen) atoms. The highest BCUT2D eigenvalue weighted by Crippen LogP contribution is 2.36. The molecule has 1 aromatic rings. The van der Waals surface area contributed by atoms with Gasteiger partial charge in [0.25, 0.3) is 0 Å². The molecule has 0 saturated carbocycles. The summed E-state index contributed by atoms with van der Waals surface area (Å²) in [6, 6.07) is 1.93. The van der Waals surface area contributed by atoms with Crippen molar-refractivity contribution in [2.45, 2.75) is 6.92 Å². The Morgan fingerprint density at radius 1 is 1.77 bits per heavy atom. The lowest BCUT2D eigenvalue weighted by Crippen LogP contribution is -1.66. The summed E-state index contributed by atoms with van der Waals surface area (Å²) in [6.45, 7) is 8.62. The second-order valence-electron chi connectivity index (χ2n) is 2.12. The van der Waals surface area contributed by atoms with E-state index in [0.717, 1.165) is 0 Å². The minimum Gasteiger partial charge on any atom is -0.343 e. The Balaban J connectivity index is 3.43. The van der Waals surface area contributed by atoms with Crippen LogP contribution in [0.5, 0.6) is 0 Å². The van der Waals surface area contributed by atoms with Crippen molar-refractivity contribution in [2.75, 3.05) is 0 Å². The molecule has 0 aliphatic heterocycles. The molecular formula is C8H5BrN4. The smallest absolute Gasteiger partial charge is 0.248 e. The molecule has 1 rings (SSSR count). The van der Waals surface area contributed by atoms with E-state index < -0.39 is 0 Å². The molecular weight excluding hydrogens is 232 g/mol. The van der Waals surface area contributed by atoms with Gasteiger partial charge in [0.1, 0.15) is 5.82 Å². The number of aromatic nitrogens is 1. The van der Waals surface area contributed by atoms with Crippen LogP contribution in [0.25, 0.3) is 4.85 Å². The minimum absolute atomic E-state index is 0.257. The fourth-order valence-corrected chi connectivity index (χ4v) is 1.35. The lowest BCUT2D eigenvalue weighted by atomic mass is 10.3. The van der Waals surface area contributed by atoms with E-state index in [0.29, 0.717) is 16.0 Å². The van der Waals surface area contributed by atoms with Crippen LogP contribution in [0.3, 0.4) is 0 Å². The third kappa shape index (κ3) is 1.61. The number of nitrogens with zero attached hydrogens (tertiary/aromatic N) is 3. The zero-order valence-corrected chi connectivity index (χ0v) is 8.38. The molecule has 0 unspecified atom stereocenters. The van der Waals surface area contributed by atoms with Crippen molar-refractivity contribution >= 4 is 33.6 Å². The molecule has 0 amide bonds. The van der Waals surface area contributed by atoms with Crippen LogP contribution in [0.4, 0.5) is 11.5 Å². The molecule has 0 spiro atoms. The van der Waals surface area contributed by atoms with Gasteiger partial charge in [-0.2, -0.15) is 5.26 Å². The van der Waals surface area contributed by atoms with Crippen LogP contribution in [0, 0.1) is 17.9 Å². The number of H-pyrrole nitrogens is 1. The van der Waals surface area contributed by atoms with Gasteiger partial charge in [0.15, 0.2) is 0 Å². The summed E-state index contributed by atoms with van der Waals surface area (Å²) < 4.78 is 0.501. The lowest BCUT2D eigenvalue weighted by Gasteiger charge is -1.85. The zero-order chi connectivity index (χ0) is 9.84. The Labute approximate surface area is 83.9 Å². The van der Waals surface area contributed by atoms with Crippen LogP contribution in [-0.2, 0) is 0 Å². The summed E-state index contributed by atoms with van der Waals surface area (Å²) >= 11 is 3.14. The minimum atomic E-state index is 0.257. The number of halogens is 1. The molecule has 0 radical (unpaired) electrons. The first-order chi connectivity index (χ1) is 6.24. The third-order valence-corrected chi connectivity index (χ3v) is 1.99. The number of hydrogen-bond donors (Lipinski definition) is 1. The number of aromatic amines is 1. The fraction of sp³-hybridized carbons (Fsp3) is 0.125.